The van der Waals surface area contributed by atoms with Gasteiger partial charge in [-0.3, -0.25) is 23.3 Å². The number of fused-ring (bicyclic) bond motifs is 2. The summed E-state index contributed by atoms with van der Waals surface area (Å²) in [5.74, 6) is 1.36. The van der Waals surface area contributed by atoms with Crippen molar-refractivity contribution in [3.63, 3.8) is 0 Å². The number of thiazole rings is 2. The van der Waals surface area contributed by atoms with Gasteiger partial charge in [-0.05, 0) is 92.6 Å². The number of pyridine rings is 2. The number of nitrogens with one attached hydrogen (secondary N) is 1. The topological polar surface area (TPSA) is 251 Å². The number of rotatable bonds is 16. The molecule has 0 saturated carbocycles. The van der Waals surface area contributed by atoms with Crippen molar-refractivity contribution in [2.75, 3.05) is 105 Å². The molecule has 0 aliphatic carbocycles. The van der Waals surface area contributed by atoms with Crippen LogP contribution in [-0.4, -0.2) is 156 Å². The molecular formula is C64H69BrF2N18O4S2. The number of aryl methyl sites for hydroxylation is 2. The number of esters is 1. The van der Waals surface area contributed by atoms with Crippen LogP contribution in [0.3, 0.4) is 0 Å². The highest BCUT2D eigenvalue weighted by molar-refractivity contribution is 9.09. The SMILES string of the molecule is C.C.CCOC(=O)CBr.CCc1nc2ccc(-c3cnc(N4CCN(CC(=O)O)CC4)nc3)cn2c1N(C)c1nc(-c2ccc(F)cc2)c(C#N)s1.CCc1nc2ccc(-c3cnc(N4CCNCC4)nc3)cn2c1N(C)c1nc(-c2ccc(F)cc2)c(C#N)s1. The number of nitrogens with zero attached hydrogens (tertiary/aromatic N) is 17. The van der Waals surface area contributed by atoms with E-state index in [4.69, 9.17) is 25.0 Å². The van der Waals surface area contributed by atoms with Crippen molar-refractivity contribution in [2.45, 2.75) is 48.5 Å². The fourth-order valence-corrected chi connectivity index (χ4v) is 12.0. The molecule has 2 aliphatic heterocycles. The highest BCUT2D eigenvalue weighted by Gasteiger charge is 2.26. The summed E-state index contributed by atoms with van der Waals surface area (Å²) in [6, 6.07) is 24.4. The molecule has 2 aliphatic rings. The van der Waals surface area contributed by atoms with Crippen molar-refractivity contribution in [1.82, 2.24) is 58.9 Å². The number of carbonyl (C=O) groups is 2. The standard InChI is InChI=1S/C30H28FN9O2S.C28H26FN9S.C4H7BrO2.2CH4/c1-3-23-28(37(2)30-36-27(24(14-32)43-30)19-4-7-22(31)8-5-19)40-17-20(6-9-25(40)35-23)21-15-33-29(34-16-21)39-12-10-38(11-13-39)18-26(41)42;1-3-22-26(36(2)28-35-25(23(14-30)39-28)18-4-7-21(29)8-5-18)38-17-19(6-9-24(38)34-22)20-15-32-27(33-16-20)37-12-10-31-11-13-37;1-2-7-4(6)3-5;;/h4-9,15-17H,3,10-13,18H2,1-2H3,(H,41,42);4-9,15-17,31H,3,10-13H2,1-2H3;2-3H2,1H3;2*1H4. The molecule has 10 heterocycles. The Hall–Kier alpha value is -9.38. The zero-order valence-corrected chi connectivity index (χ0v) is 52.5. The molecular weight excluding hydrogens is 1270 g/mol. The van der Waals surface area contributed by atoms with Crippen LogP contribution in [0.1, 0.15) is 56.8 Å². The predicted octanol–water partition coefficient (Wildman–Crippen LogP) is 11.3. The molecule has 2 N–H and O–H groups in total. The average Bonchev–Trinajstić information content (AvgIpc) is 1.65. The molecule has 2 fully saturated rings. The Balaban J connectivity index is 0.000000209. The predicted molar refractivity (Wildman–Crippen MR) is 357 cm³/mol. The molecule has 2 saturated heterocycles. The number of ether oxygens (including phenoxy) is 1. The number of carboxylic acids is 1. The minimum Gasteiger partial charge on any atom is -0.480 e. The van der Waals surface area contributed by atoms with Crippen LogP contribution in [0.25, 0.3) is 56.1 Å². The number of anilines is 6. The fraction of sp³-hybridized carbons (Fsp3) is 0.312. The van der Waals surface area contributed by atoms with Gasteiger partial charge in [0.05, 0.1) is 24.5 Å². The molecule has 0 radical (unpaired) electrons. The van der Waals surface area contributed by atoms with Crippen molar-refractivity contribution < 1.29 is 28.2 Å². The number of nitriles is 2. The minimum absolute atomic E-state index is 0. The first-order chi connectivity index (χ1) is 43.2. The molecule has 0 amide bonds. The Morgan fingerprint density at radius 3 is 1.38 bits per heavy atom. The van der Waals surface area contributed by atoms with Crippen LogP contribution in [0.15, 0.2) is 110 Å². The van der Waals surface area contributed by atoms with Crippen molar-refractivity contribution >= 4 is 95.6 Å². The Morgan fingerprint density at radius 1 is 0.615 bits per heavy atom. The van der Waals surface area contributed by atoms with Crippen LogP contribution in [0.4, 0.5) is 42.6 Å². The number of aromatic nitrogens is 10. The third-order valence-electron chi connectivity index (χ3n) is 14.6. The average molecular weight is 1340 g/mol. The number of benzene rings is 2. The Labute approximate surface area is 542 Å². The molecule has 0 spiro atoms. The lowest BCUT2D eigenvalue weighted by Gasteiger charge is -2.33. The zero-order valence-electron chi connectivity index (χ0n) is 49.3. The molecule has 0 unspecified atom stereocenters. The van der Waals surface area contributed by atoms with E-state index >= 15 is 0 Å². The molecule has 22 nitrogen and oxygen atoms in total. The second kappa shape index (κ2) is 30.9. The van der Waals surface area contributed by atoms with E-state index in [2.05, 4.69) is 74.8 Å². The number of carboxylic acid groups (broad SMARTS) is 1. The van der Waals surface area contributed by atoms with Gasteiger partial charge in [-0.1, -0.05) is 67.3 Å². The Kier molecular flexibility index (Phi) is 22.9. The van der Waals surface area contributed by atoms with Crippen LogP contribution in [0.5, 0.6) is 0 Å². The molecule has 91 heavy (non-hydrogen) atoms. The summed E-state index contributed by atoms with van der Waals surface area (Å²) in [5, 5.41) is 33.5. The first-order valence-corrected chi connectivity index (χ1v) is 31.3. The van der Waals surface area contributed by atoms with E-state index in [0.717, 1.165) is 95.1 Å². The van der Waals surface area contributed by atoms with Gasteiger partial charge in [-0.25, -0.2) is 48.7 Å². The minimum atomic E-state index is -0.822. The lowest BCUT2D eigenvalue weighted by Crippen LogP contribution is -2.48. The summed E-state index contributed by atoms with van der Waals surface area (Å²) >= 11 is 5.51. The van der Waals surface area contributed by atoms with Gasteiger partial charge >= 0.3 is 11.9 Å². The summed E-state index contributed by atoms with van der Waals surface area (Å²) in [6.07, 6.45) is 12.8. The summed E-state index contributed by atoms with van der Waals surface area (Å²) in [6.45, 7) is 12.6. The summed E-state index contributed by atoms with van der Waals surface area (Å²) < 4.78 is 35.6. The van der Waals surface area contributed by atoms with Crippen molar-refractivity contribution in [3.05, 3.63) is 143 Å². The molecule has 12 rings (SSSR count). The smallest absolute Gasteiger partial charge is 0.317 e. The molecule has 0 atom stereocenters. The van der Waals surface area contributed by atoms with Crippen LogP contribution >= 0.6 is 38.6 Å². The number of alkyl halides is 1. The normalized spacial score (nSPS) is 12.9. The van der Waals surface area contributed by atoms with Gasteiger partial charge in [0.25, 0.3) is 0 Å². The van der Waals surface area contributed by atoms with Crippen LogP contribution in [0.2, 0.25) is 0 Å². The van der Waals surface area contributed by atoms with E-state index in [1.54, 1.807) is 43.6 Å². The molecule has 0 bridgehead atoms. The van der Waals surface area contributed by atoms with Gasteiger partial charge in [-0.15, -0.1) is 0 Å². The quantitative estimate of drug-likeness (QED) is 0.0673. The Bertz CT molecular complexity index is 4190. The van der Waals surface area contributed by atoms with Crippen molar-refractivity contribution in [3.8, 4) is 56.9 Å². The first-order valence-electron chi connectivity index (χ1n) is 28.5. The number of halogens is 3. The van der Waals surface area contributed by atoms with Crippen LogP contribution in [0, 0.1) is 34.3 Å². The van der Waals surface area contributed by atoms with E-state index in [1.807, 2.05) is 93.6 Å². The number of piperazine rings is 2. The van der Waals surface area contributed by atoms with Crippen LogP contribution in [-0.2, 0) is 27.2 Å². The van der Waals surface area contributed by atoms with E-state index in [1.165, 1.54) is 46.9 Å². The van der Waals surface area contributed by atoms with Crippen molar-refractivity contribution in [2.24, 2.45) is 0 Å². The van der Waals surface area contributed by atoms with Gasteiger partial charge in [0.15, 0.2) is 10.3 Å². The summed E-state index contributed by atoms with van der Waals surface area (Å²) in [7, 11) is 3.83. The molecule has 8 aromatic heterocycles. The lowest BCUT2D eigenvalue weighted by atomic mass is 10.1. The van der Waals surface area contributed by atoms with Gasteiger partial charge < -0.3 is 34.8 Å². The molecule has 472 valence electrons. The lowest BCUT2D eigenvalue weighted by molar-refractivity contribution is -0.140. The zero-order chi connectivity index (χ0) is 62.7. The molecule has 27 heteroatoms. The van der Waals surface area contributed by atoms with E-state index < -0.39 is 5.97 Å². The van der Waals surface area contributed by atoms with E-state index in [0.29, 0.717) is 93.0 Å². The maximum Gasteiger partial charge on any atom is 0.317 e. The second-order valence-corrected chi connectivity index (χ2v) is 22.9. The van der Waals surface area contributed by atoms with Crippen molar-refractivity contribution in [1.29, 1.82) is 10.5 Å². The third kappa shape index (κ3) is 15.4. The van der Waals surface area contributed by atoms with Gasteiger partial charge in [0.2, 0.25) is 11.9 Å². The Morgan fingerprint density at radius 2 is 1.02 bits per heavy atom. The number of imidazole rings is 2. The molecule has 2 aromatic carbocycles. The number of hydrogen-bond acceptors (Lipinski definition) is 21. The monoisotopic (exact) mass is 1330 g/mol. The maximum atomic E-state index is 13.5. The fourth-order valence-electron chi connectivity index (χ4n) is 10.2. The van der Waals surface area contributed by atoms with E-state index in [-0.39, 0.29) is 39.0 Å². The maximum absolute atomic E-state index is 13.5. The number of carbonyl (C=O) groups excluding carboxylic acids is 1. The van der Waals surface area contributed by atoms with Gasteiger partial charge in [0.1, 0.15) is 73.2 Å². The first kappa shape index (κ1) is 67.5. The van der Waals surface area contributed by atoms with Gasteiger partial charge in [0, 0.05) is 137 Å². The van der Waals surface area contributed by atoms with E-state index in [9.17, 15) is 28.9 Å². The third-order valence-corrected chi connectivity index (χ3v) is 17.2. The van der Waals surface area contributed by atoms with Gasteiger partial charge in [-0.2, -0.15) is 10.5 Å². The largest absolute Gasteiger partial charge is 0.480 e. The number of hydrogen-bond donors (Lipinski definition) is 2. The summed E-state index contributed by atoms with van der Waals surface area (Å²) in [5.41, 5.74) is 9.44. The molecule has 10 aromatic rings. The van der Waals surface area contributed by atoms with Crippen LogP contribution < -0.4 is 24.9 Å². The highest BCUT2D eigenvalue weighted by Crippen LogP contribution is 2.39. The highest BCUT2D eigenvalue weighted by atomic mass is 79.9. The summed E-state index contributed by atoms with van der Waals surface area (Å²) in [4.78, 5) is 69.8. The second-order valence-electron chi connectivity index (χ2n) is 20.3. The number of aliphatic carboxylic acids is 1.